The predicted octanol–water partition coefficient (Wildman–Crippen LogP) is 3.16. The van der Waals surface area contributed by atoms with Crippen LogP contribution < -0.4 is 16.0 Å². The number of hydrogen-bond acceptors (Lipinski definition) is 8. The highest BCUT2D eigenvalue weighted by molar-refractivity contribution is 5.68. The van der Waals surface area contributed by atoms with Crippen molar-refractivity contribution in [2.24, 2.45) is 0 Å². The Morgan fingerprint density at radius 1 is 0.821 bits per heavy atom. The molecular formula is C29H50N4O6. The normalized spacial score (nSPS) is 19.2. The molecule has 2 fully saturated rings. The average molecular weight is 551 g/mol. The summed E-state index contributed by atoms with van der Waals surface area (Å²) in [5.41, 5.74) is -1.37. The number of rotatable bonds is 6. The third-order valence-corrected chi connectivity index (χ3v) is 6.49. The Balaban J connectivity index is 0.000000293. The second kappa shape index (κ2) is 14.3. The van der Waals surface area contributed by atoms with Crippen molar-refractivity contribution in [3.05, 3.63) is 35.9 Å². The molecule has 1 aromatic carbocycles. The molecule has 1 aromatic rings. The van der Waals surface area contributed by atoms with Crippen molar-refractivity contribution in [1.82, 2.24) is 20.9 Å². The van der Waals surface area contributed by atoms with E-state index in [1.165, 1.54) is 5.56 Å². The van der Waals surface area contributed by atoms with E-state index in [2.05, 4.69) is 33.0 Å². The lowest BCUT2D eigenvalue weighted by Crippen LogP contribution is -2.51. The molecule has 3 rings (SSSR count). The highest BCUT2D eigenvalue weighted by Gasteiger charge is 2.33. The number of carbonyl (C=O) groups excluding carboxylic acids is 2. The van der Waals surface area contributed by atoms with Gasteiger partial charge in [-0.25, -0.2) is 9.59 Å². The second-order valence-corrected chi connectivity index (χ2v) is 12.7. The van der Waals surface area contributed by atoms with E-state index in [1.807, 2.05) is 59.7 Å². The van der Waals surface area contributed by atoms with E-state index in [-0.39, 0.29) is 13.1 Å². The van der Waals surface area contributed by atoms with Crippen LogP contribution in [-0.4, -0.2) is 89.0 Å². The van der Waals surface area contributed by atoms with E-state index in [9.17, 15) is 19.8 Å². The van der Waals surface area contributed by atoms with Gasteiger partial charge in [0.25, 0.3) is 0 Å². The van der Waals surface area contributed by atoms with E-state index in [0.29, 0.717) is 25.7 Å². The van der Waals surface area contributed by atoms with Gasteiger partial charge in [0.05, 0.1) is 11.2 Å². The standard InChI is InChI=1S/C18H28N2O3.C11H22N2O3/c1-17(2,3)23-16(21)19-14-18(22)9-11-20(12-10-18)13-15-7-5-4-6-8-15;1-10(2,3)16-9(14)13-8-11(15)4-6-12-7-5-11/h4-8,22H,9-14H2,1-3H3,(H,19,21);12,15H,4-8H2,1-3H3,(H,13,14). The van der Waals surface area contributed by atoms with Gasteiger partial charge in [-0.2, -0.15) is 0 Å². The van der Waals surface area contributed by atoms with Gasteiger partial charge in [0.1, 0.15) is 11.2 Å². The molecule has 0 spiro atoms. The van der Waals surface area contributed by atoms with Crippen molar-refractivity contribution >= 4 is 12.2 Å². The van der Waals surface area contributed by atoms with E-state index in [4.69, 9.17) is 9.47 Å². The SMILES string of the molecule is CC(C)(C)OC(=O)NCC1(O)CCN(Cc2ccccc2)CC1.CC(C)(C)OC(=O)NCC1(O)CCNCC1. The Labute approximate surface area is 233 Å². The van der Waals surface area contributed by atoms with Crippen LogP contribution in [0.1, 0.15) is 72.8 Å². The summed E-state index contributed by atoms with van der Waals surface area (Å²) in [5.74, 6) is 0. The van der Waals surface area contributed by atoms with Gasteiger partial charge in [-0.1, -0.05) is 30.3 Å². The smallest absolute Gasteiger partial charge is 0.407 e. The quantitative estimate of drug-likeness (QED) is 0.365. The molecule has 0 saturated carbocycles. The summed E-state index contributed by atoms with van der Waals surface area (Å²) in [6, 6.07) is 10.3. The van der Waals surface area contributed by atoms with Gasteiger partial charge in [0, 0.05) is 32.7 Å². The summed E-state index contributed by atoms with van der Waals surface area (Å²) in [6.07, 6.45) is 1.66. The molecular weight excluding hydrogens is 500 g/mol. The molecule has 2 aliphatic heterocycles. The zero-order chi connectivity index (χ0) is 29.2. The summed E-state index contributed by atoms with van der Waals surface area (Å²) in [5, 5.41) is 29.2. The van der Waals surface area contributed by atoms with Crippen molar-refractivity contribution in [2.75, 3.05) is 39.3 Å². The molecule has 0 unspecified atom stereocenters. The maximum atomic E-state index is 11.7. The number of nitrogens with zero attached hydrogens (tertiary/aromatic N) is 1. The van der Waals surface area contributed by atoms with Gasteiger partial charge in [0.2, 0.25) is 0 Å². The Morgan fingerprint density at radius 2 is 1.26 bits per heavy atom. The summed E-state index contributed by atoms with van der Waals surface area (Å²) in [4.78, 5) is 25.4. The minimum Gasteiger partial charge on any atom is -0.444 e. The van der Waals surface area contributed by atoms with Crippen LogP contribution in [0.15, 0.2) is 30.3 Å². The van der Waals surface area contributed by atoms with E-state index in [1.54, 1.807) is 0 Å². The van der Waals surface area contributed by atoms with Crippen LogP contribution in [0.4, 0.5) is 9.59 Å². The third kappa shape index (κ3) is 14.0. The van der Waals surface area contributed by atoms with Crippen molar-refractivity contribution in [3.63, 3.8) is 0 Å². The minimum atomic E-state index is -0.843. The van der Waals surface area contributed by atoms with Gasteiger partial charge in [-0.3, -0.25) is 4.90 Å². The fraction of sp³-hybridized carbons (Fsp3) is 0.724. The summed E-state index contributed by atoms with van der Waals surface area (Å²) < 4.78 is 10.3. The number of ether oxygens (including phenoxy) is 2. The number of alkyl carbamates (subject to hydrolysis) is 2. The Kier molecular flexibility index (Phi) is 12.0. The van der Waals surface area contributed by atoms with Crippen LogP contribution in [0.2, 0.25) is 0 Å². The largest absolute Gasteiger partial charge is 0.444 e. The maximum absolute atomic E-state index is 11.7. The van der Waals surface area contributed by atoms with Crippen molar-refractivity contribution in [2.45, 2.75) is 96.2 Å². The lowest BCUT2D eigenvalue weighted by molar-refractivity contribution is -0.0245. The van der Waals surface area contributed by atoms with Gasteiger partial charge in [-0.15, -0.1) is 0 Å². The van der Waals surface area contributed by atoms with Crippen molar-refractivity contribution < 1.29 is 29.3 Å². The molecule has 10 nitrogen and oxygen atoms in total. The highest BCUT2D eigenvalue weighted by atomic mass is 16.6. The molecule has 2 amide bonds. The van der Waals surface area contributed by atoms with Crippen LogP contribution in [0.5, 0.6) is 0 Å². The van der Waals surface area contributed by atoms with Crippen LogP contribution >= 0.6 is 0 Å². The molecule has 5 N–H and O–H groups in total. The molecule has 222 valence electrons. The predicted molar refractivity (Wildman–Crippen MR) is 151 cm³/mol. The average Bonchev–Trinajstić information content (AvgIpc) is 2.83. The zero-order valence-corrected chi connectivity index (χ0v) is 24.6. The molecule has 0 aliphatic carbocycles. The number of piperidine rings is 2. The monoisotopic (exact) mass is 550 g/mol. The first kappa shape index (κ1) is 32.8. The fourth-order valence-corrected chi connectivity index (χ4v) is 4.32. The van der Waals surface area contributed by atoms with Gasteiger partial charge in [-0.05, 0) is 85.9 Å². The van der Waals surface area contributed by atoms with E-state index < -0.39 is 34.6 Å². The summed E-state index contributed by atoms with van der Waals surface area (Å²) >= 11 is 0. The summed E-state index contributed by atoms with van der Waals surface area (Å²) in [6.45, 7) is 15.5. The highest BCUT2D eigenvalue weighted by Crippen LogP contribution is 2.23. The molecule has 0 bridgehead atoms. The third-order valence-electron chi connectivity index (χ3n) is 6.49. The number of nitrogens with one attached hydrogen (secondary N) is 3. The molecule has 0 aromatic heterocycles. The molecule has 2 aliphatic rings. The van der Waals surface area contributed by atoms with Gasteiger partial charge >= 0.3 is 12.2 Å². The van der Waals surface area contributed by atoms with Crippen LogP contribution in [-0.2, 0) is 16.0 Å². The number of aliphatic hydroxyl groups is 2. The van der Waals surface area contributed by atoms with Gasteiger partial charge in [0.15, 0.2) is 0 Å². The number of carbonyl (C=O) groups is 2. The van der Waals surface area contributed by atoms with E-state index in [0.717, 1.165) is 32.7 Å². The first-order valence-electron chi connectivity index (χ1n) is 13.9. The Morgan fingerprint density at radius 3 is 1.69 bits per heavy atom. The fourth-order valence-electron chi connectivity index (χ4n) is 4.32. The van der Waals surface area contributed by atoms with E-state index >= 15 is 0 Å². The summed E-state index contributed by atoms with van der Waals surface area (Å²) in [7, 11) is 0. The molecule has 0 radical (unpaired) electrons. The number of benzene rings is 1. The number of likely N-dealkylation sites (tertiary alicyclic amines) is 1. The lowest BCUT2D eigenvalue weighted by atomic mass is 9.91. The molecule has 2 heterocycles. The number of amides is 2. The first-order chi connectivity index (χ1) is 18.1. The Bertz CT molecular complexity index is 883. The molecule has 39 heavy (non-hydrogen) atoms. The minimum absolute atomic E-state index is 0.237. The second-order valence-electron chi connectivity index (χ2n) is 12.7. The Hall–Kier alpha value is -2.40. The zero-order valence-electron chi connectivity index (χ0n) is 24.6. The van der Waals surface area contributed by atoms with Crippen molar-refractivity contribution in [1.29, 1.82) is 0 Å². The van der Waals surface area contributed by atoms with Crippen LogP contribution in [0.25, 0.3) is 0 Å². The molecule has 2 saturated heterocycles. The molecule has 10 heteroatoms. The maximum Gasteiger partial charge on any atom is 0.407 e. The lowest BCUT2D eigenvalue weighted by Gasteiger charge is -2.38. The first-order valence-corrected chi connectivity index (χ1v) is 13.9. The van der Waals surface area contributed by atoms with Crippen molar-refractivity contribution in [3.8, 4) is 0 Å². The topological polar surface area (TPSA) is 132 Å². The molecule has 0 atom stereocenters. The number of hydrogen-bond donors (Lipinski definition) is 5. The van der Waals surface area contributed by atoms with Gasteiger partial charge < -0.3 is 35.6 Å². The van der Waals surface area contributed by atoms with Crippen LogP contribution in [0, 0.1) is 0 Å². The van der Waals surface area contributed by atoms with Crippen LogP contribution in [0.3, 0.4) is 0 Å².